The Morgan fingerprint density at radius 2 is 0.896 bits per heavy atom. The molecular formula is C43H69Cl3N2. The first-order valence-electron chi connectivity index (χ1n) is 18.6. The summed E-state index contributed by atoms with van der Waals surface area (Å²) in [5.41, 5.74) is 8.17. The van der Waals surface area contributed by atoms with E-state index in [1.165, 1.54) is 96.4 Å². The summed E-state index contributed by atoms with van der Waals surface area (Å²) in [5, 5.41) is 0. The van der Waals surface area contributed by atoms with Gasteiger partial charge in [0.1, 0.15) is 6.54 Å². The number of quaternary nitrogens is 1. The molecule has 2 nitrogen and oxygen atoms in total. The van der Waals surface area contributed by atoms with Crippen molar-refractivity contribution >= 4 is 23.2 Å². The molecule has 3 aromatic carbocycles. The van der Waals surface area contributed by atoms with E-state index in [4.69, 9.17) is 23.2 Å². The average molecular weight is 720 g/mol. The molecule has 48 heavy (non-hydrogen) atoms. The maximum Gasteiger partial charge on any atom is 0.104 e. The standard InChI is InChI=1S/C26H39ClN.C11H15Cl.C6H15N.ClH/c1-6-24(18-21(5)25-14-10-22(19-27)11-15-25)26-16-12-23(13-17-26)20-28(7-2,8-3)9-4;1-3-9(2)11-6-4-10(8-12)5-7-11;1-4-7(5-2)6-3;/h10-17,21,24H,6-9,18-20H2,1-5H3;4-7,9H,3,8H2,1-2H3;4-6H2,1-3H3;1H/q+1;;;/p-1. The predicted octanol–water partition coefficient (Wildman–Crippen LogP) is 9.78. The zero-order valence-corrected chi connectivity index (χ0v) is 34.4. The van der Waals surface area contributed by atoms with E-state index in [1.54, 1.807) is 0 Å². The molecule has 0 fully saturated rings. The molecule has 0 aliphatic heterocycles. The van der Waals surface area contributed by atoms with Crippen LogP contribution in [0.4, 0.5) is 0 Å². The fourth-order valence-electron chi connectivity index (χ4n) is 6.17. The van der Waals surface area contributed by atoms with Crippen LogP contribution < -0.4 is 12.4 Å². The monoisotopic (exact) mass is 718 g/mol. The Morgan fingerprint density at radius 3 is 1.21 bits per heavy atom. The van der Waals surface area contributed by atoms with Gasteiger partial charge in [-0.25, -0.2) is 0 Å². The van der Waals surface area contributed by atoms with Gasteiger partial charge in [-0.2, -0.15) is 0 Å². The van der Waals surface area contributed by atoms with E-state index in [2.05, 4.69) is 147 Å². The molecule has 0 aliphatic carbocycles. The van der Waals surface area contributed by atoms with Gasteiger partial charge in [-0.3, -0.25) is 0 Å². The van der Waals surface area contributed by atoms with Crippen molar-refractivity contribution in [3.8, 4) is 0 Å². The number of halogens is 3. The molecule has 0 spiro atoms. The third kappa shape index (κ3) is 16.0. The Morgan fingerprint density at radius 1 is 0.521 bits per heavy atom. The second kappa shape index (κ2) is 26.3. The topological polar surface area (TPSA) is 3.24 Å². The van der Waals surface area contributed by atoms with Gasteiger partial charge in [0.05, 0.1) is 19.6 Å². The van der Waals surface area contributed by atoms with Crippen molar-refractivity contribution in [3.05, 3.63) is 106 Å². The number of hydrogen-bond donors (Lipinski definition) is 0. The van der Waals surface area contributed by atoms with E-state index in [9.17, 15) is 0 Å². The molecule has 3 aromatic rings. The first-order valence-corrected chi connectivity index (χ1v) is 19.7. The summed E-state index contributed by atoms with van der Waals surface area (Å²) in [4.78, 5) is 2.38. The lowest BCUT2D eigenvalue weighted by molar-refractivity contribution is -0.936. The number of alkyl halides is 2. The second-order valence-corrected chi connectivity index (χ2v) is 13.6. The number of benzene rings is 3. The Kier molecular flexibility index (Phi) is 25.4. The molecule has 3 atom stereocenters. The highest BCUT2D eigenvalue weighted by Crippen LogP contribution is 2.32. The summed E-state index contributed by atoms with van der Waals surface area (Å²) in [6, 6.07) is 26.9. The fraction of sp³-hybridized carbons (Fsp3) is 0.581. The molecule has 3 unspecified atom stereocenters. The molecular weight excluding hydrogens is 651 g/mol. The molecule has 0 amide bonds. The normalized spacial score (nSPS) is 12.9. The van der Waals surface area contributed by atoms with Crippen molar-refractivity contribution in [2.24, 2.45) is 0 Å². The quantitative estimate of drug-likeness (QED) is 0.0992. The minimum Gasteiger partial charge on any atom is -1.00 e. The Balaban J connectivity index is 0.000000907. The fourth-order valence-corrected chi connectivity index (χ4v) is 6.52. The minimum absolute atomic E-state index is 0. The van der Waals surface area contributed by atoms with Crippen LogP contribution in [0.1, 0.15) is 140 Å². The van der Waals surface area contributed by atoms with Crippen LogP contribution in [-0.2, 0) is 18.3 Å². The number of nitrogens with zero attached hydrogens (tertiary/aromatic N) is 2. The van der Waals surface area contributed by atoms with Crippen LogP contribution in [0.25, 0.3) is 0 Å². The first-order chi connectivity index (χ1) is 22.6. The van der Waals surface area contributed by atoms with Gasteiger partial charge in [-0.05, 0) is 105 Å². The van der Waals surface area contributed by atoms with Gasteiger partial charge in [0.2, 0.25) is 0 Å². The molecule has 0 bridgehead atoms. The van der Waals surface area contributed by atoms with Crippen LogP contribution in [0.15, 0.2) is 72.8 Å². The van der Waals surface area contributed by atoms with Crippen LogP contribution >= 0.6 is 23.2 Å². The van der Waals surface area contributed by atoms with Crippen molar-refractivity contribution in [1.82, 2.24) is 4.90 Å². The lowest BCUT2D eigenvalue weighted by Crippen LogP contribution is -3.00. The molecule has 0 saturated carbocycles. The van der Waals surface area contributed by atoms with Crippen molar-refractivity contribution in [2.75, 3.05) is 39.3 Å². The highest BCUT2D eigenvalue weighted by atomic mass is 35.5. The summed E-state index contributed by atoms with van der Waals surface area (Å²) in [7, 11) is 0. The molecule has 0 aromatic heterocycles. The third-order valence-corrected chi connectivity index (χ3v) is 11.1. The van der Waals surface area contributed by atoms with Crippen molar-refractivity contribution in [1.29, 1.82) is 0 Å². The van der Waals surface area contributed by atoms with Crippen LogP contribution in [0.2, 0.25) is 0 Å². The molecule has 0 aliphatic rings. The second-order valence-electron chi connectivity index (χ2n) is 13.1. The molecule has 5 heteroatoms. The van der Waals surface area contributed by atoms with Gasteiger partial charge in [0.15, 0.2) is 0 Å². The average Bonchev–Trinajstić information content (AvgIpc) is 3.14. The van der Waals surface area contributed by atoms with Gasteiger partial charge in [-0.1, -0.05) is 121 Å². The van der Waals surface area contributed by atoms with E-state index in [-0.39, 0.29) is 12.4 Å². The molecule has 272 valence electrons. The smallest absolute Gasteiger partial charge is 0.104 e. The summed E-state index contributed by atoms with van der Waals surface area (Å²) in [6.07, 6.45) is 3.57. The van der Waals surface area contributed by atoms with Crippen LogP contribution in [-0.4, -0.2) is 48.7 Å². The summed E-state index contributed by atoms with van der Waals surface area (Å²) < 4.78 is 1.17. The van der Waals surface area contributed by atoms with E-state index in [0.717, 1.165) is 6.54 Å². The molecule has 0 heterocycles. The third-order valence-electron chi connectivity index (χ3n) is 10.5. The van der Waals surface area contributed by atoms with Crippen LogP contribution in [0.5, 0.6) is 0 Å². The van der Waals surface area contributed by atoms with E-state index in [0.29, 0.717) is 29.5 Å². The van der Waals surface area contributed by atoms with Crippen LogP contribution in [0.3, 0.4) is 0 Å². The lowest BCUT2D eigenvalue weighted by atomic mass is 9.84. The van der Waals surface area contributed by atoms with Gasteiger partial charge in [0, 0.05) is 17.3 Å². The molecule has 0 saturated heterocycles. The van der Waals surface area contributed by atoms with Gasteiger partial charge >= 0.3 is 0 Å². The van der Waals surface area contributed by atoms with Gasteiger partial charge in [0.25, 0.3) is 0 Å². The Bertz CT molecular complexity index is 1160. The predicted molar refractivity (Wildman–Crippen MR) is 212 cm³/mol. The van der Waals surface area contributed by atoms with E-state index >= 15 is 0 Å². The zero-order valence-electron chi connectivity index (χ0n) is 32.2. The van der Waals surface area contributed by atoms with E-state index < -0.39 is 0 Å². The van der Waals surface area contributed by atoms with Crippen LogP contribution in [0, 0.1) is 0 Å². The van der Waals surface area contributed by atoms with Gasteiger partial charge < -0.3 is 21.8 Å². The molecule has 3 rings (SSSR count). The van der Waals surface area contributed by atoms with Gasteiger partial charge in [-0.15, -0.1) is 23.2 Å². The Labute approximate surface area is 313 Å². The van der Waals surface area contributed by atoms with Crippen molar-refractivity contribution in [3.63, 3.8) is 0 Å². The SMILES string of the molecule is CCC(C)c1ccc(CCl)cc1.CCC(CC(C)c1ccc(CCl)cc1)c1ccc(C[N+](CC)(CC)CC)cc1.CCN(CC)CC.[Cl-]. The maximum atomic E-state index is 5.93. The van der Waals surface area contributed by atoms with Crippen molar-refractivity contribution < 1.29 is 16.9 Å². The maximum absolute atomic E-state index is 5.93. The minimum atomic E-state index is 0. The highest BCUT2D eigenvalue weighted by Gasteiger charge is 2.21. The number of hydrogen-bond acceptors (Lipinski definition) is 1. The summed E-state index contributed by atoms with van der Waals surface area (Å²) in [5.74, 6) is 3.03. The largest absolute Gasteiger partial charge is 1.00 e. The highest BCUT2D eigenvalue weighted by molar-refractivity contribution is 6.17. The summed E-state index contributed by atoms with van der Waals surface area (Å²) in [6.45, 7) is 30.9. The Hall–Kier alpha value is -1.55. The lowest BCUT2D eigenvalue weighted by Gasteiger charge is -2.36. The zero-order chi connectivity index (χ0) is 35.2. The number of rotatable bonds is 17. The first kappa shape index (κ1) is 46.5. The van der Waals surface area contributed by atoms with E-state index in [1.807, 2.05) is 0 Å². The molecule has 0 N–H and O–H groups in total. The molecule has 0 radical (unpaired) electrons. The van der Waals surface area contributed by atoms with Crippen molar-refractivity contribution in [2.45, 2.75) is 125 Å². The summed E-state index contributed by atoms with van der Waals surface area (Å²) >= 11 is 11.6.